The van der Waals surface area contributed by atoms with Crippen molar-refractivity contribution < 1.29 is 22.7 Å². The number of rotatable bonds is 7. The Bertz CT molecular complexity index is 1130. The number of carbonyl (C=O) groups is 1. The minimum absolute atomic E-state index is 0.235. The molecule has 3 aromatic rings. The number of alkyl halides is 3. The maximum absolute atomic E-state index is 12.6. The number of H-pyrrole nitrogens is 1. The van der Waals surface area contributed by atoms with Crippen LogP contribution in [0.15, 0.2) is 48.9 Å². The van der Waals surface area contributed by atoms with Crippen LogP contribution in [0, 0.1) is 17.8 Å². The van der Waals surface area contributed by atoms with Crippen LogP contribution in [0.3, 0.4) is 0 Å². The number of amides is 1. The van der Waals surface area contributed by atoms with Crippen molar-refractivity contribution in [1.29, 1.82) is 0 Å². The summed E-state index contributed by atoms with van der Waals surface area (Å²) in [5.74, 6) is 1.72. The number of fused-ring (bicyclic) bond motifs is 2. The van der Waals surface area contributed by atoms with Crippen molar-refractivity contribution in [1.82, 2.24) is 14.9 Å². The molecule has 1 saturated carbocycles. The van der Waals surface area contributed by atoms with Gasteiger partial charge in [0.05, 0.1) is 24.4 Å². The van der Waals surface area contributed by atoms with Crippen molar-refractivity contribution in [3.8, 4) is 5.75 Å². The fraction of sp³-hybridized carbons (Fsp3) is 0.440. The number of anilines is 1. The third-order valence-corrected chi connectivity index (χ3v) is 6.95. The SMILES string of the molecule is O=C(Nc1c[nH]c2ccc(OCCC3C[C@@H]4CN(CC(F)(F)F)C[C@@H]4C3)cc12)c1cccnc1. The van der Waals surface area contributed by atoms with Crippen LogP contribution in [-0.4, -0.2) is 53.2 Å². The molecular weight excluding hydrogens is 445 g/mol. The molecule has 180 valence electrons. The molecule has 2 aromatic heterocycles. The summed E-state index contributed by atoms with van der Waals surface area (Å²) in [4.78, 5) is 21.2. The fourth-order valence-corrected chi connectivity index (χ4v) is 5.47. The van der Waals surface area contributed by atoms with Crippen LogP contribution < -0.4 is 10.1 Å². The van der Waals surface area contributed by atoms with E-state index in [4.69, 9.17) is 4.74 Å². The summed E-state index contributed by atoms with van der Waals surface area (Å²) < 4.78 is 43.9. The van der Waals surface area contributed by atoms with Gasteiger partial charge in [-0.1, -0.05) is 0 Å². The molecule has 2 fully saturated rings. The van der Waals surface area contributed by atoms with Gasteiger partial charge in [0.25, 0.3) is 5.91 Å². The van der Waals surface area contributed by atoms with E-state index in [-0.39, 0.29) is 5.91 Å². The summed E-state index contributed by atoms with van der Waals surface area (Å²) in [7, 11) is 0. The van der Waals surface area contributed by atoms with Crippen LogP contribution in [0.1, 0.15) is 29.6 Å². The number of aromatic amines is 1. The average molecular weight is 473 g/mol. The first kappa shape index (κ1) is 22.7. The first-order valence-corrected chi connectivity index (χ1v) is 11.6. The number of benzene rings is 1. The van der Waals surface area contributed by atoms with Crippen LogP contribution in [0.4, 0.5) is 18.9 Å². The number of aromatic nitrogens is 2. The number of nitrogens with one attached hydrogen (secondary N) is 2. The lowest BCUT2D eigenvalue weighted by molar-refractivity contribution is -0.144. The van der Waals surface area contributed by atoms with Crippen molar-refractivity contribution in [2.24, 2.45) is 17.8 Å². The Morgan fingerprint density at radius 2 is 2.00 bits per heavy atom. The molecule has 1 aromatic carbocycles. The van der Waals surface area contributed by atoms with E-state index in [0.717, 1.165) is 35.9 Å². The Morgan fingerprint density at radius 3 is 2.71 bits per heavy atom. The lowest BCUT2D eigenvalue weighted by Gasteiger charge is -2.20. The molecule has 6 nitrogen and oxygen atoms in total. The first-order valence-electron chi connectivity index (χ1n) is 11.6. The van der Waals surface area contributed by atoms with Gasteiger partial charge in [0, 0.05) is 42.6 Å². The van der Waals surface area contributed by atoms with Gasteiger partial charge in [-0.15, -0.1) is 0 Å². The lowest BCUT2D eigenvalue weighted by atomic mass is 10.0. The predicted octanol–water partition coefficient (Wildman–Crippen LogP) is 5.10. The largest absolute Gasteiger partial charge is 0.494 e. The van der Waals surface area contributed by atoms with E-state index in [1.165, 1.54) is 6.20 Å². The number of hydrogen-bond acceptors (Lipinski definition) is 4. The van der Waals surface area contributed by atoms with Gasteiger partial charge >= 0.3 is 6.18 Å². The highest BCUT2D eigenvalue weighted by Gasteiger charge is 2.43. The summed E-state index contributed by atoms with van der Waals surface area (Å²) in [6.45, 7) is 0.877. The summed E-state index contributed by atoms with van der Waals surface area (Å²) in [6, 6.07) is 9.13. The average Bonchev–Trinajstić information content (AvgIpc) is 3.46. The molecule has 3 heterocycles. The Kier molecular flexibility index (Phi) is 6.20. The number of ether oxygens (including phenoxy) is 1. The van der Waals surface area contributed by atoms with Gasteiger partial charge in [-0.25, -0.2) is 0 Å². The summed E-state index contributed by atoms with van der Waals surface area (Å²) in [6.07, 6.45) is 3.61. The number of hydrogen-bond donors (Lipinski definition) is 2. The van der Waals surface area contributed by atoms with E-state index in [9.17, 15) is 18.0 Å². The second-order valence-corrected chi connectivity index (χ2v) is 9.41. The van der Waals surface area contributed by atoms with Gasteiger partial charge in [0.15, 0.2) is 0 Å². The topological polar surface area (TPSA) is 70.2 Å². The number of pyridine rings is 1. The lowest BCUT2D eigenvalue weighted by Crippen LogP contribution is -2.33. The molecule has 1 aliphatic heterocycles. The summed E-state index contributed by atoms with van der Waals surface area (Å²) >= 11 is 0. The minimum Gasteiger partial charge on any atom is -0.494 e. The van der Waals surface area contributed by atoms with E-state index < -0.39 is 12.7 Å². The molecule has 2 N–H and O–H groups in total. The van der Waals surface area contributed by atoms with Gasteiger partial charge < -0.3 is 15.0 Å². The molecule has 0 radical (unpaired) electrons. The van der Waals surface area contributed by atoms with E-state index in [1.54, 1.807) is 29.4 Å². The summed E-state index contributed by atoms with van der Waals surface area (Å²) in [5.41, 5.74) is 2.04. The zero-order valence-corrected chi connectivity index (χ0v) is 18.6. The molecule has 2 aliphatic rings. The zero-order valence-electron chi connectivity index (χ0n) is 18.6. The van der Waals surface area contributed by atoms with Gasteiger partial charge in [0.1, 0.15) is 5.75 Å². The first-order chi connectivity index (χ1) is 16.3. The van der Waals surface area contributed by atoms with Crippen LogP contribution in [0.5, 0.6) is 5.75 Å². The Morgan fingerprint density at radius 1 is 1.21 bits per heavy atom. The molecule has 1 amide bonds. The smallest absolute Gasteiger partial charge is 0.401 e. The molecular formula is C25H27F3N4O2. The van der Waals surface area contributed by atoms with Crippen molar-refractivity contribution in [3.63, 3.8) is 0 Å². The summed E-state index contributed by atoms with van der Waals surface area (Å²) in [5, 5.41) is 3.77. The molecule has 1 unspecified atom stereocenters. The van der Waals surface area contributed by atoms with Crippen LogP contribution in [0.25, 0.3) is 10.9 Å². The Hall–Kier alpha value is -3.07. The maximum atomic E-state index is 12.6. The molecule has 1 saturated heterocycles. The van der Waals surface area contributed by atoms with Crippen LogP contribution in [0.2, 0.25) is 0 Å². The monoisotopic (exact) mass is 472 g/mol. The van der Waals surface area contributed by atoms with E-state index >= 15 is 0 Å². The molecule has 1 aliphatic carbocycles. The molecule has 0 bridgehead atoms. The Balaban J connectivity index is 1.13. The van der Waals surface area contributed by atoms with Crippen LogP contribution in [-0.2, 0) is 0 Å². The van der Waals surface area contributed by atoms with Crippen LogP contribution >= 0.6 is 0 Å². The van der Waals surface area contributed by atoms with Crippen molar-refractivity contribution >= 4 is 22.5 Å². The van der Waals surface area contributed by atoms with E-state index in [1.807, 2.05) is 18.2 Å². The van der Waals surface area contributed by atoms with Gasteiger partial charge in [-0.05, 0) is 67.3 Å². The predicted molar refractivity (Wildman–Crippen MR) is 123 cm³/mol. The molecule has 9 heteroatoms. The van der Waals surface area contributed by atoms with Gasteiger partial charge in [-0.3, -0.25) is 14.7 Å². The van der Waals surface area contributed by atoms with Crippen molar-refractivity contribution in [3.05, 3.63) is 54.5 Å². The quantitative estimate of drug-likeness (QED) is 0.502. The van der Waals surface area contributed by atoms with E-state index in [2.05, 4.69) is 15.3 Å². The third kappa shape index (κ3) is 5.19. The fourth-order valence-electron chi connectivity index (χ4n) is 5.47. The zero-order chi connectivity index (χ0) is 23.7. The number of nitrogens with zero attached hydrogens (tertiary/aromatic N) is 2. The third-order valence-electron chi connectivity index (χ3n) is 6.95. The van der Waals surface area contributed by atoms with Gasteiger partial charge in [0.2, 0.25) is 0 Å². The molecule has 34 heavy (non-hydrogen) atoms. The Labute approximate surface area is 195 Å². The number of halogens is 3. The standard InChI is InChI=1S/C25H27F3N4O2/c26-25(27,28)15-32-13-18-8-16(9-19(18)14-32)5-7-34-20-3-4-22-21(10-20)23(12-30-22)31-24(33)17-2-1-6-29-11-17/h1-4,6,10-12,16,18-19,30H,5,7-9,13-15H2,(H,31,33)/t16?,18-,19+. The maximum Gasteiger partial charge on any atom is 0.401 e. The number of likely N-dealkylation sites (tertiary alicyclic amines) is 1. The highest BCUT2D eigenvalue weighted by molar-refractivity contribution is 6.09. The molecule has 3 atom stereocenters. The van der Waals surface area contributed by atoms with Gasteiger partial charge in [-0.2, -0.15) is 13.2 Å². The molecule has 5 rings (SSSR count). The van der Waals surface area contributed by atoms with Crippen molar-refractivity contribution in [2.45, 2.75) is 25.4 Å². The second kappa shape index (κ2) is 9.29. The minimum atomic E-state index is -4.12. The van der Waals surface area contributed by atoms with E-state index in [0.29, 0.717) is 48.7 Å². The highest BCUT2D eigenvalue weighted by Crippen LogP contribution is 2.43. The molecule has 0 spiro atoms. The number of carbonyl (C=O) groups excluding carboxylic acids is 1. The normalized spacial score (nSPS) is 22.7. The van der Waals surface area contributed by atoms with Crippen molar-refractivity contribution in [2.75, 3.05) is 31.6 Å². The second-order valence-electron chi connectivity index (χ2n) is 9.41. The highest BCUT2D eigenvalue weighted by atomic mass is 19.4.